The monoisotopic (exact) mass is 416 g/mol. The highest BCUT2D eigenvalue weighted by Gasteiger charge is 2.19. The minimum absolute atomic E-state index is 0.0769. The van der Waals surface area contributed by atoms with E-state index in [1.54, 1.807) is 7.11 Å². The van der Waals surface area contributed by atoms with Gasteiger partial charge >= 0.3 is 0 Å². The molecule has 8 heteroatoms. The maximum absolute atomic E-state index is 12.5. The van der Waals surface area contributed by atoms with E-state index in [1.807, 2.05) is 67.1 Å². The van der Waals surface area contributed by atoms with E-state index in [0.29, 0.717) is 16.7 Å². The van der Waals surface area contributed by atoms with Crippen LogP contribution >= 0.6 is 23.4 Å². The van der Waals surface area contributed by atoms with Crippen molar-refractivity contribution in [3.63, 3.8) is 0 Å². The summed E-state index contributed by atoms with van der Waals surface area (Å²) in [6, 6.07) is 15.0. The second-order valence-corrected chi connectivity index (χ2v) is 7.91. The summed E-state index contributed by atoms with van der Waals surface area (Å²) in [6.45, 7) is 2.25. The van der Waals surface area contributed by atoms with E-state index >= 15 is 0 Å². The number of thioether (sulfide) groups is 1. The smallest absolute Gasteiger partial charge is 0.233 e. The number of hydrogen-bond acceptors (Lipinski definition) is 5. The summed E-state index contributed by atoms with van der Waals surface area (Å²) in [5.74, 6) is 1.40. The van der Waals surface area contributed by atoms with E-state index < -0.39 is 0 Å². The fraction of sp³-hybridized carbons (Fsp3) is 0.250. The summed E-state index contributed by atoms with van der Waals surface area (Å²) in [6.07, 6.45) is 0. The Labute approximate surface area is 173 Å². The van der Waals surface area contributed by atoms with Gasteiger partial charge in [0, 0.05) is 29.7 Å². The molecule has 146 valence electrons. The third kappa shape index (κ3) is 4.66. The van der Waals surface area contributed by atoms with Gasteiger partial charge in [0.15, 0.2) is 11.0 Å². The number of para-hydroxylation sites is 1. The van der Waals surface area contributed by atoms with Crippen molar-refractivity contribution in [1.82, 2.24) is 20.1 Å². The van der Waals surface area contributed by atoms with Crippen molar-refractivity contribution in [3.05, 3.63) is 59.1 Å². The fourth-order valence-corrected chi connectivity index (χ4v) is 3.62. The molecule has 0 bridgehead atoms. The number of methoxy groups -OCH3 is 1. The zero-order valence-corrected chi connectivity index (χ0v) is 17.4. The number of benzene rings is 2. The van der Waals surface area contributed by atoms with Gasteiger partial charge in [0.2, 0.25) is 5.91 Å². The molecule has 6 nitrogen and oxygen atoms in total. The van der Waals surface area contributed by atoms with Gasteiger partial charge in [-0.05, 0) is 37.3 Å². The van der Waals surface area contributed by atoms with E-state index in [-0.39, 0.29) is 11.2 Å². The molecule has 0 saturated heterocycles. The molecule has 28 heavy (non-hydrogen) atoms. The van der Waals surface area contributed by atoms with Crippen molar-refractivity contribution in [2.75, 3.05) is 7.11 Å². The topological polar surface area (TPSA) is 69.0 Å². The fourth-order valence-electron chi connectivity index (χ4n) is 2.65. The summed E-state index contributed by atoms with van der Waals surface area (Å²) in [4.78, 5) is 12.5. The molecule has 0 aliphatic heterocycles. The first-order chi connectivity index (χ1) is 13.5. The van der Waals surface area contributed by atoms with Gasteiger partial charge in [0.1, 0.15) is 5.75 Å². The van der Waals surface area contributed by atoms with Gasteiger partial charge in [-0.1, -0.05) is 41.6 Å². The molecule has 0 saturated carbocycles. The molecule has 2 aromatic carbocycles. The molecule has 0 aliphatic carbocycles. The Morgan fingerprint density at radius 2 is 1.93 bits per heavy atom. The Bertz CT molecular complexity index is 959. The van der Waals surface area contributed by atoms with Crippen LogP contribution in [-0.2, 0) is 18.4 Å². The van der Waals surface area contributed by atoms with Gasteiger partial charge < -0.3 is 14.6 Å². The SMILES string of the molecule is COc1ccccc1CNC(=O)[C@@H](C)Sc1nnc(-c2ccc(Cl)cc2)n1C. The first-order valence-electron chi connectivity index (χ1n) is 8.71. The number of halogens is 1. The van der Waals surface area contributed by atoms with Gasteiger partial charge in [-0.2, -0.15) is 0 Å². The number of carbonyl (C=O) groups is 1. The van der Waals surface area contributed by atoms with Crippen LogP contribution in [0.5, 0.6) is 5.75 Å². The molecule has 1 heterocycles. The first-order valence-corrected chi connectivity index (χ1v) is 9.97. The predicted octanol–water partition coefficient (Wildman–Crippen LogP) is 3.94. The minimum Gasteiger partial charge on any atom is -0.496 e. The van der Waals surface area contributed by atoms with Crippen molar-refractivity contribution in [2.24, 2.45) is 7.05 Å². The largest absolute Gasteiger partial charge is 0.496 e. The van der Waals surface area contributed by atoms with Crippen LogP contribution in [0.15, 0.2) is 53.7 Å². The van der Waals surface area contributed by atoms with E-state index in [0.717, 1.165) is 22.7 Å². The Kier molecular flexibility index (Phi) is 6.59. The highest BCUT2D eigenvalue weighted by atomic mass is 35.5. The van der Waals surface area contributed by atoms with Gasteiger partial charge in [0.25, 0.3) is 0 Å². The van der Waals surface area contributed by atoms with Crippen molar-refractivity contribution in [1.29, 1.82) is 0 Å². The van der Waals surface area contributed by atoms with Crippen LogP contribution in [0.2, 0.25) is 5.02 Å². The number of rotatable bonds is 7. The lowest BCUT2D eigenvalue weighted by molar-refractivity contribution is -0.120. The van der Waals surface area contributed by atoms with Crippen LogP contribution in [0.1, 0.15) is 12.5 Å². The van der Waals surface area contributed by atoms with Gasteiger partial charge in [-0.3, -0.25) is 4.79 Å². The quantitative estimate of drug-likeness (QED) is 0.591. The minimum atomic E-state index is -0.323. The molecule has 3 rings (SSSR count). The Morgan fingerprint density at radius 3 is 2.64 bits per heavy atom. The molecule has 0 fully saturated rings. The molecular weight excluding hydrogens is 396 g/mol. The van der Waals surface area contributed by atoms with Crippen LogP contribution in [0.4, 0.5) is 0 Å². The molecule has 1 aromatic heterocycles. The van der Waals surface area contributed by atoms with E-state index in [4.69, 9.17) is 16.3 Å². The van der Waals surface area contributed by atoms with Crippen LogP contribution in [0, 0.1) is 0 Å². The van der Waals surface area contributed by atoms with E-state index in [1.165, 1.54) is 11.8 Å². The molecule has 0 spiro atoms. The standard InChI is InChI=1S/C20H21ClN4O2S/c1-13(19(26)22-12-15-6-4-5-7-17(15)27-3)28-20-24-23-18(25(20)2)14-8-10-16(21)11-9-14/h4-11,13H,12H2,1-3H3,(H,22,26)/t13-/m1/s1. The summed E-state index contributed by atoms with van der Waals surface area (Å²) in [5, 5.41) is 12.4. The number of hydrogen-bond donors (Lipinski definition) is 1. The molecular formula is C20H21ClN4O2S. The van der Waals surface area contributed by atoms with Gasteiger partial charge in [-0.25, -0.2) is 0 Å². The lowest BCUT2D eigenvalue weighted by Crippen LogP contribution is -2.30. The maximum atomic E-state index is 12.5. The summed E-state index contributed by atoms with van der Waals surface area (Å²) in [7, 11) is 3.50. The second-order valence-electron chi connectivity index (χ2n) is 6.16. The van der Waals surface area contributed by atoms with Crippen LogP contribution in [0.3, 0.4) is 0 Å². The zero-order chi connectivity index (χ0) is 20.1. The number of nitrogens with one attached hydrogen (secondary N) is 1. The van der Waals surface area contributed by atoms with Crippen molar-refractivity contribution in [3.8, 4) is 17.1 Å². The average molecular weight is 417 g/mol. The number of amides is 1. The van der Waals surface area contributed by atoms with Crippen molar-refractivity contribution < 1.29 is 9.53 Å². The molecule has 3 aromatic rings. The van der Waals surface area contributed by atoms with Crippen LogP contribution < -0.4 is 10.1 Å². The second kappa shape index (κ2) is 9.12. The zero-order valence-electron chi connectivity index (χ0n) is 15.8. The number of ether oxygens (including phenoxy) is 1. The Hall–Kier alpha value is -2.51. The van der Waals surface area contributed by atoms with E-state index in [9.17, 15) is 4.79 Å². The highest BCUT2D eigenvalue weighted by Crippen LogP contribution is 2.26. The van der Waals surface area contributed by atoms with E-state index in [2.05, 4.69) is 15.5 Å². The van der Waals surface area contributed by atoms with Crippen LogP contribution in [0.25, 0.3) is 11.4 Å². The molecule has 0 aliphatic rings. The number of aromatic nitrogens is 3. The molecule has 1 N–H and O–H groups in total. The van der Waals surface area contributed by atoms with Crippen molar-refractivity contribution in [2.45, 2.75) is 23.9 Å². The molecule has 0 unspecified atom stereocenters. The average Bonchev–Trinajstić information content (AvgIpc) is 3.07. The summed E-state index contributed by atoms with van der Waals surface area (Å²) in [5.41, 5.74) is 1.85. The lowest BCUT2D eigenvalue weighted by atomic mass is 10.2. The summed E-state index contributed by atoms with van der Waals surface area (Å²) < 4.78 is 7.19. The lowest BCUT2D eigenvalue weighted by Gasteiger charge is -2.13. The number of carbonyl (C=O) groups excluding carboxylic acids is 1. The Morgan fingerprint density at radius 1 is 1.21 bits per heavy atom. The molecule has 1 amide bonds. The summed E-state index contributed by atoms with van der Waals surface area (Å²) >= 11 is 7.30. The third-order valence-electron chi connectivity index (χ3n) is 4.23. The van der Waals surface area contributed by atoms with Crippen LogP contribution in [-0.4, -0.2) is 33.0 Å². The first kappa shape index (κ1) is 20.2. The van der Waals surface area contributed by atoms with Gasteiger partial charge in [0.05, 0.1) is 12.4 Å². The van der Waals surface area contributed by atoms with Crippen molar-refractivity contribution >= 4 is 29.3 Å². The van der Waals surface area contributed by atoms with Gasteiger partial charge in [-0.15, -0.1) is 10.2 Å². The number of nitrogens with zero attached hydrogens (tertiary/aromatic N) is 3. The highest BCUT2D eigenvalue weighted by molar-refractivity contribution is 8.00. The normalized spacial score (nSPS) is 11.9. The third-order valence-corrected chi connectivity index (χ3v) is 5.62. The molecule has 0 radical (unpaired) electrons. The maximum Gasteiger partial charge on any atom is 0.233 e. The predicted molar refractivity (Wildman–Crippen MR) is 112 cm³/mol. The Balaban J connectivity index is 1.63. The molecule has 1 atom stereocenters.